The van der Waals surface area contributed by atoms with Crippen LogP contribution < -0.4 is 5.32 Å². The first-order chi connectivity index (χ1) is 11.0. The Labute approximate surface area is 134 Å². The highest BCUT2D eigenvalue weighted by molar-refractivity contribution is 5.87. The first-order valence-electron chi connectivity index (χ1n) is 8.36. The van der Waals surface area contributed by atoms with Gasteiger partial charge in [0, 0.05) is 18.5 Å². The van der Waals surface area contributed by atoms with Gasteiger partial charge in [0.15, 0.2) is 0 Å². The van der Waals surface area contributed by atoms with Crippen LogP contribution in [-0.4, -0.2) is 50.1 Å². The van der Waals surface area contributed by atoms with Crippen LogP contribution in [0.3, 0.4) is 0 Å². The molecule has 1 aliphatic heterocycles. The minimum Gasteiger partial charge on any atom is -0.460 e. The molecule has 126 valence electrons. The molecule has 2 fully saturated rings. The minimum atomic E-state index is -0.816. The van der Waals surface area contributed by atoms with Crippen LogP contribution in [0.25, 0.3) is 0 Å². The Bertz CT molecular complexity index is 652. The SMILES string of the molecule is CCOC(=O)c1nc2c(n1C)[C@@H]1[C@@H](O)[C@@H](O)C[C@@H]1C1(CCC1)N2. The number of esters is 1. The summed E-state index contributed by atoms with van der Waals surface area (Å²) in [6, 6.07) is 0. The number of fused-ring (bicyclic) bond motifs is 4. The van der Waals surface area contributed by atoms with E-state index in [0.29, 0.717) is 18.8 Å². The molecule has 2 aliphatic carbocycles. The van der Waals surface area contributed by atoms with Gasteiger partial charge in [-0.3, -0.25) is 0 Å². The van der Waals surface area contributed by atoms with Crippen LogP contribution in [0.2, 0.25) is 0 Å². The number of aliphatic hydroxyl groups excluding tert-OH is 2. The van der Waals surface area contributed by atoms with Gasteiger partial charge in [-0.25, -0.2) is 9.78 Å². The van der Waals surface area contributed by atoms with Gasteiger partial charge in [-0.15, -0.1) is 0 Å². The number of hydrogen-bond donors (Lipinski definition) is 3. The Balaban J connectivity index is 1.81. The number of rotatable bonds is 2. The second kappa shape index (κ2) is 4.95. The van der Waals surface area contributed by atoms with Gasteiger partial charge in [-0.05, 0) is 38.5 Å². The molecule has 0 bridgehead atoms. The lowest BCUT2D eigenvalue weighted by Crippen LogP contribution is -2.55. The lowest BCUT2D eigenvalue weighted by atomic mass is 9.62. The molecular weight excluding hydrogens is 298 g/mol. The summed E-state index contributed by atoms with van der Waals surface area (Å²) in [5, 5.41) is 24.2. The third kappa shape index (κ3) is 1.89. The summed E-state index contributed by atoms with van der Waals surface area (Å²) in [5.41, 5.74) is 0.704. The lowest BCUT2D eigenvalue weighted by molar-refractivity contribution is 0.0326. The molecular formula is C16H23N3O4. The average Bonchev–Trinajstić information content (AvgIpc) is 2.95. The zero-order chi connectivity index (χ0) is 16.4. The van der Waals surface area contributed by atoms with Gasteiger partial charge < -0.3 is 24.8 Å². The predicted octanol–water partition coefficient (Wildman–Crippen LogP) is 0.770. The maximum atomic E-state index is 12.1. The van der Waals surface area contributed by atoms with Crippen LogP contribution in [0.15, 0.2) is 0 Å². The van der Waals surface area contributed by atoms with E-state index in [1.165, 1.54) is 0 Å². The third-order valence-electron chi connectivity index (χ3n) is 5.93. The minimum absolute atomic E-state index is 0.101. The average molecular weight is 321 g/mol. The molecule has 3 N–H and O–H groups in total. The van der Waals surface area contributed by atoms with Crippen LogP contribution in [0, 0.1) is 5.92 Å². The standard InChI is InChI=1S/C16H23N3O4/c1-3-23-15(22)14-17-13-11(19(14)2)10-8(7-9(20)12(10)21)16(18-13)5-4-6-16/h8-10,12,18,20-21H,3-7H2,1-2H3/t8-,9-,10+,12-/m0/s1. The third-order valence-corrected chi connectivity index (χ3v) is 5.93. The van der Waals surface area contributed by atoms with Crippen molar-refractivity contribution < 1.29 is 19.7 Å². The van der Waals surface area contributed by atoms with Crippen molar-refractivity contribution in [1.82, 2.24) is 9.55 Å². The summed E-state index contributed by atoms with van der Waals surface area (Å²) < 4.78 is 6.79. The molecule has 2 saturated carbocycles. The Morgan fingerprint density at radius 1 is 1.48 bits per heavy atom. The summed E-state index contributed by atoms with van der Waals surface area (Å²) in [6.45, 7) is 2.05. The van der Waals surface area contributed by atoms with Crippen LogP contribution in [0.1, 0.15) is 54.8 Å². The lowest BCUT2D eigenvalue weighted by Gasteiger charge is -2.52. The van der Waals surface area contributed by atoms with Gasteiger partial charge in [0.1, 0.15) is 5.82 Å². The maximum Gasteiger partial charge on any atom is 0.374 e. The number of ether oxygens (including phenoxy) is 1. The molecule has 2 heterocycles. The summed E-state index contributed by atoms with van der Waals surface area (Å²) in [5.74, 6) is 0.414. The van der Waals surface area contributed by atoms with E-state index >= 15 is 0 Å². The molecule has 0 aromatic carbocycles. The number of carbonyl (C=O) groups excluding carboxylic acids is 1. The van der Waals surface area contributed by atoms with Crippen LogP contribution >= 0.6 is 0 Å². The Hall–Kier alpha value is -1.60. The molecule has 0 radical (unpaired) electrons. The van der Waals surface area contributed by atoms with Crippen molar-refractivity contribution in [2.75, 3.05) is 11.9 Å². The largest absolute Gasteiger partial charge is 0.460 e. The van der Waals surface area contributed by atoms with Crippen molar-refractivity contribution in [3.63, 3.8) is 0 Å². The number of anilines is 1. The number of aromatic nitrogens is 2. The fourth-order valence-corrected chi connectivity index (χ4v) is 4.69. The Morgan fingerprint density at radius 2 is 2.22 bits per heavy atom. The first-order valence-corrected chi connectivity index (χ1v) is 8.36. The zero-order valence-corrected chi connectivity index (χ0v) is 13.5. The highest BCUT2D eigenvalue weighted by Gasteiger charge is 2.59. The van der Waals surface area contributed by atoms with Crippen molar-refractivity contribution in [2.45, 2.75) is 56.3 Å². The van der Waals surface area contributed by atoms with Gasteiger partial charge in [0.05, 0.1) is 24.5 Å². The van der Waals surface area contributed by atoms with E-state index in [-0.39, 0.29) is 23.2 Å². The Morgan fingerprint density at radius 3 is 2.83 bits per heavy atom. The molecule has 0 unspecified atom stereocenters. The number of carbonyl (C=O) groups is 1. The first kappa shape index (κ1) is 15.0. The predicted molar refractivity (Wildman–Crippen MR) is 82.2 cm³/mol. The van der Waals surface area contributed by atoms with Gasteiger partial charge >= 0.3 is 5.97 Å². The molecule has 7 nitrogen and oxygen atoms in total. The molecule has 23 heavy (non-hydrogen) atoms. The number of nitrogens with zero attached hydrogens (tertiary/aromatic N) is 2. The van der Waals surface area contributed by atoms with Crippen molar-refractivity contribution in [3.05, 3.63) is 11.5 Å². The second-order valence-corrected chi connectivity index (χ2v) is 7.01. The molecule has 1 aromatic rings. The van der Waals surface area contributed by atoms with E-state index < -0.39 is 18.2 Å². The highest BCUT2D eigenvalue weighted by atomic mass is 16.5. The fraction of sp³-hybridized carbons (Fsp3) is 0.750. The maximum absolute atomic E-state index is 12.1. The van der Waals surface area contributed by atoms with Crippen LogP contribution in [0.4, 0.5) is 5.82 Å². The number of nitrogens with one attached hydrogen (secondary N) is 1. The van der Waals surface area contributed by atoms with Crippen molar-refractivity contribution in [1.29, 1.82) is 0 Å². The molecule has 0 saturated heterocycles. The van der Waals surface area contributed by atoms with Crippen molar-refractivity contribution >= 4 is 11.8 Å². The van der Waals surface area contributed by atoms with E-state index in [1.54, 1.807) is 18.5 Å². The topological polar surface area (TPSA) is 96.6 Å². The van der Waals surface area contributed by atoms with E-state index in [9.17, 15) is 15.0 Å². The van der Waals surface area contributed by atoms with E-state index in [1.807, 2.05) is 0 Å². The molecule has 4 rings (SSSR count). The summed E-state index contributed by atoms with van der Waals surface area (Å²) in [7, 11) is 1.77. The van der Waals surface area contributed by atoms with Gasteiger partial charge in [-0.2, -0.15) is 0 Å². The fourth-order valence-electron chi connectivity index (χ4n) is 4.69. The normalized spacial score (nSPS) is 33.6. The molecule has 1 spiro atoms. The molecule has 4 atom stereocenters. The quantitative estimate of drug-likeness (QED) is 0.696. The molecule has 0 amide bonds. The second-order valence-electron chi connectivity index (χ2n) is 7.01. The molecule has 3 aliphatic rings. The number of aliphatic hydroxyl groups is 2. The number of hydrogen-bond acceptors (Lipinski definition) is 6. The van der Waals surface area contributed by atoms with Crippen molar-refractivity contribution in [3.8, 4) is 0 Å². The highest BCUT2D eigenvalue weighted by Crippen LogP contribution is 2.57. The molecule has 1 aromatic heterocycles. The van der Waals surface area contributed by atoms with Crippen LogP contribution in [0.5, 0.6) is 0 Å². The zero-order valence-electron chi connectivity index (χ0n) is 13.5. The Kier molecular flexibility index (Phi) is 3.22. The van der Waals surface area contributed by atoms with Gasteiger partial charge in [0.2, 0.25) is 5.82 Å². The van der Waals surface area contributed by atoms with E-state index in [4.69, 9.17) is 4.74 Å². The van der Waals surface area contributed by atoms with E-state index in [0.717, 1.165) is 25.0 Å². The van der Waals surface area contributed by atoms with Gasteiger partial charge in [-0.1, -0.05) is 0 Å². The monoisotopic (exact) mass is 321 g/mol. The smallest absolute Gasteiger partial charge is 0.374 e. The molecule has 7 heteroatoms. The van der Waals surface area contributed by atoms with Crippen LogP contribution in [-0.2, 0) is 11.8 Å². The van der Waals surface area contributed by atoms with Crippen molar-refractivity contribution in [2.24, 2.45) is 13.0 Å². The summed E-state index contributed by atoms with van der Waals surface area (Å²) >= 11 is 0. The van der Waals surface area contributed by atoms with E-state index in [2.05, 4.69) is 10.3 Å². The summed E-state index contributed by atoms with van der Waals surface area (Å²) in [4.78, 5) is 16.6. The summed E-state index contributed by atoms with van der Waals surface area (Å²) in [6.07, 6.45) is 2.20. The van der Waals surface area contributed by atoms with Gasteiger partial charge in [0.25, 0.3) is 0 Å². The number of imidazole rings is 1.